The van der Waals surface area contributed by atoms with Crippen LogP contribution < -0.4 is 10.6 Å². The van der Waals surface area contributed by atoms with Crippen molar-refractivity contribution in [1.29, 1.82) is 0 Å². The van der Waals surface area contributed by atoms with Crippen molar-refractivity contribution >= 4 is 43.4 Å². The number of carbonyl (C=O) groups is 2. The fourth-order valence-corrected chi connectivity index (χ4v) is 6.48. The molecule has 0 bridgehead atoms. The second kappa shape index (κ2) is 10.2. The number of nitrogens with zero attached hydrogens (tertiary/aromatic N) is 4. The SMILES string of the molecule is CN(C)S(=O)(=O)C(C(=O)NCC(=O)NC1CC1)c1nc2c(F)cc(-c3cccc(-n4cccn4)c3)cc2s1. The predicted molar refractivity (Wildman–Crippen MR) is 142 cm³/mol. The molecule has 38 heavy (non-hydrogen) atoms. The van der Waals surface area contributed by atoms with Gasteiger partial charge in [-0.15, -0.1) is 11.3 Å². The van der Waals surface area contributed by atoms with E-state index < -0.39 is 32.9 Å². The molecule has 2 aromatic carbocycles. The van der Waals surface area contributed by atoms with Gasteiger partial charge in [-0.25, -0.2) is 26.8 Å². The molecule has 0 saturated heterocycles. The van der Waals surface area contributed by atoms with Crippen molar-refractivity contribution in [2.45, 2.75) is 24.1 Å². The van der Waals surface area contributed by atoms with Crippen molar-refractivity contribution in [2.75, 3.05) is 20.6 Å². The minimum atomic E-state index is -4.20. The molecule has 1 unspecified atom stereocenters. The van der Waals surface area contributed by atoms with Gasteiger partial charge in [0.25, 0.3) is 0 Å². The van der Waals surface area contributed by atoms with Crippen LogP contribution in [0.1, 0.15) is 23.1 Å². The highest BCUT2D eigenvalue weighted by molar-refractivity contribution is 7.90. The van der Waals surface area contributed by atoms with Gasteiger partial charge >= 0.3 is 0 Å². The van der Waals surface area contributed by atoms with E-state index in [4.69, 9.17) is 0 Å². The van der Waals surface area contributed by atoms with Crippen molar-refractivity contribution in [3.8, 4) is 16.8 Å². The van der Waals surface area contributed by atoms with E-state index in [2.05, 4.69) is 20.7 Å². The molecule has 198 valence electrons. The molecule has 1 aliphatic rings. The molecule has 2 N–H and O–H groups in total. The van der Waals surface area contributed by atoms with Crippen molar-refractivity contribution < 1.29 is 22.4 Å². The highest BCUT2D eigenvalue weighted by Gasteiger charge is 2.39. The Morgan fingerprint density at radius 1 is 1.18 bits per heavy atom. The van der Waals surface area contributed by atoms with E-state index in [-0.39, 0.29) is 23.1 Å². The number of hydrogen-bond donors (Lipinski definition) is 2. The first-order valence-electron chi connectivity index (χ1n) is 11.8. The number of aromatic nitrogens is 3. The lowest BCUT2D eigenvalue weighted by molar-refractivity contribution is -0.126. The Labute approximate surface area is 222 Å². The third-order valence-electron chi connectivity index (χ3n) is 6.05. The van der Waals surface area contributed by atoms with Crippen LogP contribution in [0.5, 0.6) is 0 Å². The topological polar surface area (TPSA) is 126 Å². The van der Waals surface area contributed by atoms with E-state index in [1.165, 1.54) is 20.2 Å². The second-order valence-electron chi connectivity index (χ2n) is 9.12. The summed E-state index contributed by atoms with van der Waals surface area (Å²) in [4.78, 5) is 29.3. The molecule has 1 atom stereocenters. The number of amides is 2. The minimum Gasteiger partial charge on any atom is -0.352 e. The number of rotatable bonds is 9. The van der Waals surface area contributed by atoms with Crippen LogP contribution >= 0.6 is 11.3 Å². The third-order valence-corrected chi connectivity index (χ3v) is 9.32. The van der Waals surface area contributed by atoms with E-state index in [9.17, 15) is 18.0 Å². The molecule has 1 fully saturated rings. The molecule has 5 rings (SSSR count). The van der Waals surface area contributed by atoms with Crippen molar-refractivity contribution in [3.05, 3.63) is 65.7 Å². The molecule has 0 aliphatic heterocycles. The Bertz CT molecular complexity index is 1610. The maximum absolute atomic E-state index is 15.2. The van der Waals surface area contributed by atoms with Crippen LogP contribution in [0.2, 0.25) is 0 Å². The number of carbonyl (C=O) groups excluding carboxylic acids is 2. The molecule has 0 spiro atoms. The standard InChI is InChI=1S/C25H25FN6O4S2/c1-31(2)38(35,36)23(24(34)27-14-21(33)29-17-7-8-17)25-30-22-19(26)12-16(13-20(22)37-25)15-5-3-6-18(11-15)32-10-4-9-28-32/h3-6,9-13,17,23H,7-8,14H2,1-2H3,(H,27,34)(H,29,33). The quantitative estimate of drug-likeness (QED) is 0.326. The molecule has 0 radical (unpaired) electrons. The second-order valence-corrected chi connectivity index (χ2v) is 12.4. The van der Waals surface area contributed by atoms with Gasteiger partial charge in [-0.05, 0) is 54.3 Å². The maximum Gasteiger partial charge on any atom is 0.247 e. The van der Waals surface area contributed by atoms with E-state index in [0.717, 1.165) is 39.7 Å². The summed E-state index contributed by atoms with van der Waals surface area (Å²) < 4.78 is 44.5. The molecule has 1 saturated carbocycles. The van der Waals surface area contributed by atoms with Crippen LogP contribution in [0.15, 0.2) is 54.9 Å². The van der Waals surface area contributed by atoms with Gasteiger partial charge < -0.3 is 10.6 Å². The van der Waals surface area contributed by atoms with E-state index in [1.54, 1.807) is 29.2 Å². The fourth-order valence-electron chi connectivity index (χ4n) is 3.89. The summed E-state index contributed by atoms with van der Waals surface area (Å²) in [7, 11) is -1.60. The Morgan fingerprint density at radius 2 is 1.97 bits per heavy atom. The van der Waals surface area contributed by atoms with Gasteiger partial charge in [-0.3, -0.25) is 9.59 Å². The van der Waals surface area contributed by atoms with Gasteiger partial charge in [0, 0.05) is 32.5 Å². The van der Waals surface area contributed by atoms with E-state index in [1.807, 2.05) is 24.3 Å². The van der Waals surface area contributed by atoms with Crippen LogP contribution in [0.25, 0.3) is 27.0 Å². The molecule has 4 aromatic rings. The van der Waals surface area contributed by atoms with Gasteiger partial charge in [0.2, 0.25) is 27.1 Å². The first-order valence-corrected chi connectivity index (χ1v) is 14.1. The van der Waals surface area contributed by atoms with Crippen molar-refractivity contribution in [3.63, 3.8) is 0 Å². The van der Waals surface area contributed by atoms with E-state index >= 15 is 4.39 Å². The fraction of sp³-hybridized carbons (Fsp3) is 0.280. The summed E-state index contributed by atoms with van der Waals surface area (Å²) in [6.45, 7) is -0.370. The third kappa shape index (κ3) is 5.30. The average Bonchev–Trinajstić information content (AvgIpc) is 3.34. The maximum atomic E-state index is 15.2. The van der Waals surface area contributed by atoms with Crippen LogP contribution in [0.4, 0.5) is 4.39 Å². The lowest BCUT2D eigenvalue weighted by Gasteiger charge is -2.19. The molecule has 2 heterocycles. The lowest BCUT2D eigenvalue weighted by atomic mass is 10.0. The lowest BCUT2D eigenvalue weighted by Crippen LogP contribution is -2.43. The first kappa shape index (κ1) is 25.9. The number of benzene rings is 2. The number of nitrogens with one attached hydrogen (secondary N) is 2. The summed E-state index contributed by atoms with van der Waals surface area (Å²) in [6, 6.07) is 12.3. The Balaban J connectivity index is 1.49. The average molecular weight is 557 g/mol. The van der Waals surface area contributed by atoms with Gasteiger partial charge in [-0.2, -0.15) is 5.10 Å². The number of sulfonamides is 1. The van der Waals surface area contributed by atoms with Crippen molar-refractivity contribution in [2.24, 2.45) is 0 Å². The number of fused-ring (bicyclic) bond motifs is 1. The van der Waals surface area contributed by atoms with Crippen LogP contribution in [-0.4, -0.2) is 66.0 Å². The van der Waals surface area contributed by atoms with Crippen LogP contribution in [-0.2, 0) is 19.6 Å². The van der Waals surface area contributed by atoms with Crippen molar-refractivity contribution in [1.82, 2.24) is 29.7 Å². The minimum absolute atomic E-state index is 0.0322. The molecule has 1 aliphatic carbocycles. The van der Waals surface area contributed by atoms with Crippen LogP contribution in [0.3, 0.4) is 0 Å². The Morgan fingerprint density at radius 3 is 2.66 bits per heavy atom. The van der Waals surface area contributed by atoms with Gasteiger partial charge in [-0.1, -0.05) is 12.1 Å². The molecule has 10 nitrogen and oxygen atoms in total. The zero-order chi connectivity index (χ0) is 27.0. The van der Waals surface area contributed by atoms with Gasteiger partial charge in [0.15, 0.2) is 5.82 Å². The normalized spacial score (nSPS) is 14.5. The number of hydrogen-bond acceptors (Lipinski definition) is 7. The monoisotopic (exact) mass is 556 g/mol. The van der Waals surface area contributed by atoms with E-state index in [0.29, 0.717) is 10.3 Å². The molecule has 2 aromatic heterocycles. The summed E-state index contributed by atoms with van der Waals surface area (Å²) in [5.41, 5.74) is 2.05. The molecular weight excluding hydrogens is 531 g/mol. The summed E-state index contributed by atoms with van der Waals surface area (Å²) in [5, 5.41) is 7.52. The zero-order valence-electron chi connectivity index (χ0n) is 20.6. The Kier molecular flexibility index (Phi) is 6.99. The highest BCUT2D eigenvalue weighted by atomic mass is 32.2. The van der Waals surface area contributed by atoms with Gasteiger partial charge in [0.1, 0.15) is 10.5 Å². The summed E-state index contributed by atoms with van der Waals surface area (Å²) in [5.74, 6) is -1.95. The highest BCUT2D eigenvalue weighted by Crippen LogP contribution is 2.36. The molecule has 13 heteroatoms. The van der Waals surface area contributed by atoms with Gasteiger partial charge in [0.05, 0.1) is 16.9 Å². The molecule has 2 amide bonds. The van der Waals surface area contributed by atoms with Crippen LogP contribution in [0, 0.1) is 5.82 Å². The summed E-state index contributed by atoms with van der Waals surface area (Å²) in [6.07, 6.45) is 5.21. The first-order chi connectivity index (χ1) is 18.1. The number of thiazole rings is 1. The molecular formula is C25H25FN6O4S2. The Hall–Kier alpha value is -3.68. The zero-order valence-corrected chi connectivity index (χ0v) is 22.2. The smallest absolute Gasteiger partial charge is 0.247 e. The number of halogens is 1. The predicted octanol–water partition coefficient (Wildman–Crippen LogP) is 2.62. The largest absolute Gasteiger partial charge is 0.352 e. The summed E-state index contributed by atoms with van der Waals surface area (Å²) >= 11 is 0.922.